The molecule has 0 unspecified atom stereocenters. The number of pyridine rings is 1. The van der Waals surface area contributed by atoms with Crippen LogP contribution in [0.4, 0.5) is 0 Å². The number of aromatic nitrogens is 3. The Hall–Kier alpha value is -1.66. The predicted molar refractivity (Wildman–Crippen MR) is 86.5 cm³/mol. The molecule has 0 saturated carbocycles. The van der Waals surface area contributed by atoms with Gasteiger partial charge in [-0.2, -0.15) is 5.10 Å². The molecule has 3 rings (SSSR count). The van der Waals surface area contributed by atoms with Crippen LogP contribution in [0.2, 0.25) is 0 Å². The molecule has 22 heavy (non-hydrogen) atoms. The first kappa shape index (κ1) is 15.2. The molecule has 0 spiro atoms. The Morgan fingerprint density at radius 2 is 1.68 bits per heavy atom. The van der Waals surface area contributed by atoms with Gasteiger partial charge in [0, 0.05) is 17.9 Å². The van der Waals surface area contributed by atoms with Crippen molar-refractivity contribution in [3.05, 3.63) is 35.8 Å². The lowest BCUT2D eigenvalue weighted by Crippen LogP contribution is -2.41. The summed E-state index contributed by atoms with van der Waals surface area (Å²) < 4.78 is 13.9. The number of hydrogen-bond donors (Lipinski definition) is 0. The average Bonchev–Trinajstić information content (AvgIpc) is 2.91. The first-order chi connectivity index (χ1) is 10.2. The van der Waals surface area contributed by atoms with Crippen LogP contribution < -0.4 is 5.46 Å². The van der Waals surface area contributed by atoms with Crippen LogP contribution in [0, 0.1) is 13.8 Å². The summed E-state index contributed by atoms with van der Waals surface area (Å²) in [5, 5.41) is 4.31. The van der Waals surface area contributed by atoms with E-state index < -0.39 is 0 Å². The summed E-state index contributed by atoms with van der Waals surface area (Å²) in [7, 11) is -0.385. The molecular weight excluding hydrogens is 277 g/mol. The second kappa shape index (κ2) is 4.93. The van der Waals surface area contributed by atoms with Crippen LogP contribution in [-0.4, -0.2) is 33.1 Å². The highest BCUT2D eigenvalue weighted by molar-refractivity contribution is 6.62. The summed E-state index contributed by atoms with van der Waals surface area (Å²) in [6.07, 6.45) is 5.59. The normalized spacial score (nSPS) is 19.6. The topological polar surface area (TPSA) is 49.2 Å². The second-order valence-electron chi connectivity index (χ2n) is 6.96. The highest BCUT2D eigenvalue weighted by Gasteiger charge is 2.51. The summed E-state index contributed by atoms with van der Waals surface area (Å²) in [6.45, 7) is 12.2. The van der Waals surface area contributed by atoms with Crippen LogP contribution in [0.5, 0.6) is 0 Å². The Morgan fingerprint density at radius 3 is 2.18 bits per heavy atom. The van der Waals surface area contributed by atoms with Gasteiger partial charge in [-0.3, -0.25) is 0 Å². The molecule has 1 aliphatic heterocycles. The maximum absolute atomic E-state index is 6.07. The Bertz CT molecular complexity index is 693. The quantitative estimate of drug-likeness (QED) is 0.798. The Kier molecular flexibility index (Phi) is 3.42. The van der Waals surface area contributed by atoms with Crippen LogP contribution in [0.15, 0.2) is 24.7 Å². The van der Waals surface area contributed by atoms with Gasteiger partial charge in [-0.25, -0.2) is 9.67 Å². The van der Waals surface area contributed by atoms with Gasteiger partial charge in [-0.1, -0.05) is 6.07 Å². The van der Waals surface area contributed by atoms with Gasteiger partial charge in [0.1, 0.15) is 0 Å². The molecule has 1 fully saturated rings. The molecule has 5 nitrogen and oxygen atoms in total. The van der Waals surface area contributed by atoms with Crippen LogP contribution >= 0.6 is 0 Å². The molecule has 116 valence electrons. The fraction of sp³-hybridized carbons (Fsp3) is 0.500. The molecule has 1 saturated heterocycles. The lowest BCUT2D eigenvalue weighted by molar-refractivity contribution is 0.00578. The smallest absolute Gasteiger partial charge is 0.399 e. The van der Waals surface area contributed by atoms with Gasteiger partial charge < -0.3 is 9.31 Å². The molecule has 0 aliphatic carbocycles. The lowest BCUT2D eigenvalue weighted by Gasteiger charge is -2.32. The molecule has 1 aliphatic rings. The fourth-order valence-corrected chi connectivity index (χ4v) is 2.47. The third-order valence-electron chi connectivity index (χ3n) is 4.53. The van der Waals surface area contributed by atoms with Crippen molar-refractivity contribution in [3.63, 3.8) is 0 Å². The van der Waals surface area contributed by atoms with Crippen LogP contribution in [0.25, 0.3) is 5.82 Å². The van der Waals surface area contributed by atoms with Crippen molar-refractivity contribution in [2.45, 2.75) is 52.7 Å². The molecule has 2 aromatic heterocycles. The zero-order chi connectivity index (χ0) is 16.1. The first-order valence-electron chi connectivity index (χ1n) is 7.53. The van der Waals surface area contributed by atoms with Gasteiger partial charge in [0.25, 0.3) is 0 Å². The number of hydrogen-bond acceptors (Lipinski definition) is 4. The first-order valence-corrected chi connectivity index (χ1v) is 7.53. The summed E-state index contributed by atoms with van der Waals surface area (Å²) in [6, 6.07) is 2.06. The highest BCUT2D eigenvalue weighted by atomic mass is 16.7. The Balaban J connectivity index is 1.90. The number of aryl methyl sites for hydroxylation is 2. The van der Waals surface area contributed by atoms with Gasteiger partial charge in [0.05, 0.1) is 17.4 Å². The molecule has 3 heterocycles. The maximum atomic E-state index is 6.07. The summed E-state index contributed by atoms with van der Waals surface area (Å²) in [5.74, 6) is 0.827. The van der Waals surface area contributed by atoms with E-state index >= 15 is 0 Å². The monoisotopic (exact) mass is 299 g/mol. The average molecular weight is 299 g/mol. The van der Waals surface area contributed by atoms with Gasteiger partial charge in [-0.15, -0.1) is 0 Å². The summed E-state index contributed by atoms with van der Waals surface area (Å²) >= 11 is 0. The number of rotatable bonds is 2. The van der Waals surface area contributed by atoms with Gasteiger partial charge >= 0.3 is 7.12 Å². The minimum Gasteiger partial charge on any atom is -0.399 e. The van der Waals surface area contributed by atoms with E-state index in [2.05, 4.69) is 16.1 Å². The third-order valence-corrected chi connectivity index (χ3v) is 4.53. The van der Waals surface area contributed by atoms with E-state index in [1.54, 1.807) is 4.68 Å². The van der Waals surface area contributed by atoms with E-state index in [0.717, 1.165) is 22.4 Å². The van der Waals surface area contributed by atoms with E-state index in [1.165, 1.54) is 0 Å². The summed E-state index contributed by atoms with van der Waals surface area (Å²) in [4.78, 5) is 4.54. The molecule has 2 aromatic rings. The zero-order valence-corrected chi connectivity index (χ0v) is 14.0. The number of nitrogens with zero attached hydrogens (tertiary/aromatic N) is 3. The predicted octanol–water partition coefficient (Wildman–Crippen LogP) is 2.18. The van der Waals surface area contributed by atoms with E-state index in [0.29, 0.717) is 0 Å². The summed E-state index contributed by atoms with van der Waals surface area (Å²) in [5.41, 5.74) is 2.39. The third kappa shape index (κ3) is 2.46. The standard InChI is InChI=1S/C16H22BN3O2/c1-11-8-19-20(10-11)14-12(2)7-13(9-18-14)17-21-15(3,4)16(5,6)22-17/h7-10H,1-6H3. The van der Waals surface area contributed by atoms with E-state index in [-0.39, 0.29) is 18.3 Å². The van der Waals surface area contributed by atoms with Crippen molar-refractivity contribution in [3.8, 4) is 5.82 Å². The van der Waals surface area contributed by atoms with Gasteiger partial charge in [0.15, 0.2) is 5.82 Å². The van der Waals surface area contributed by atoms with E-state index in [1.807, 2.05) is 60.1 Å². The minimum atomic E-state index is -0.385. The zero-order valence-electron chi connectivity index (χ0n) is 14.0. The molecule has 0 bridgehead atoms. The molecule has 0 radical (unpaired) electrons. The van der Waals surface area contributed by atoms with Crippen LogP contribution in [0.1, 0.15) is 38.8 Å². The highest BCUT2D eigenvalue weighted by Crippen LogP contribution is 2.36. The molecule has 0 N–H and O–H groups in total. The molecule has 0 atom stereocenters. The second-order valence-corrected chi connectivity index (χ2v) is 6.96. The Morgan fingerprint density at radius 1 is 1.05 bits per heavy atom. The lowest BCUT2D eigenvalue weighted by atomic mass is 9.80. The molecule has 0 amide bonds. The van der Waals surface area contributed by atoms with E-state index in [9.17, 15) is 0 Å². The van der Waals surface area contributed by atoms with Crippen molar-refractivity contribution in [1.82, 2.24) is 14.8 Å². The van der Waals surface area contributed by atoms with Crippen molar-refractivity contribution >= 4 is 12.6 Å². The Labute approximate surface area is 131 Å². The van der Waals surface area contributed by atoms with E-state index in [4.69, 9.17) is 9.31 Å². The van der Waals surface area contributed by atoms with Crippen molar-refractivity contribution in [2.24, 2.45) is 0 Å². The van der Waals surface area contributed by atoms with Gasteiger partial charge in [0.2, 0.25) is 0 Å². The van der Waals surface area contributed by atoms with Gasteiger partial charge in [-0.05, 0) is 52.7 Å². The van der Waals surface area contributed by atoms with Crippen molar-refractivity contribution < 1.29 is 9.31 Å². The molecule has 0 aromatic carbocycles. The van der Waals surface area contributed by atoms with Crippen molar-refractivity contribution in [2.75, 3.05) is 0 Å². The molecule has 6 heteroatoms. The fourth-order valence-electron chi connectivity index (χ4n) is 2.47. The maximum Gasteiger partial charge on any atom is 0.496 e. The van der Waals surface area contributed by atoms with Crippen LogP contribution in [-0.2, 0) is 9.31 Å². The SMILES string of the molecule is Cc1cnn(-c2ncc(B3OC(C)(C)C(C)(C)O3)cc2C)c1. The van der Waals surface area contributed by atoms with Crippen molar-refractivity contribution in [1.29, 1.82) is 0 Å². The largest absolute Gasteiger partial charge is 0.496 e. The minimum absolute atomic E-state index is 0.344. The van der Waals surface area contributed by atoms with Crippen LogP contribution in [0.3, 0.4) is 0 Å². The molecular formula is C16H22BN3O2.